The largest absolute Gasteiger partial charge is 0.397 e. The molecule has 1 aliphatic rings. The average molecular weight is 284 g/mol. The molecule has 7 nitrogen and oxygen atoms in total. The van der Waals surface area contributed by atoms with Crippen LogP contribution in [0, 0.1) is 5.92 Å². The van der Waals surface area contributed by atoms with Crippen LogP contribution in [-0.2, 0) is 14.8 Å². The Kier molecular flexibility index (Phi) is 3.72. The quantitative estimate of drug-likeness (QED) is 0.779. The number of nitrogens with two attached hydrogens (primary N) is 2. The van der Waals surface area contributed by atoms with Crippen molar-refractivity contribution in [3.8, 4) is 0 Å². The minimum atomic E-state index is -3.59. The first-order valence-corrected chi connectivity index (χ1v) is 7.35. The van der Waals surface area contributed by atoms with Crippen LogP contribution in [-0.4, -0.2) is 36.7 Å². The molecule has 0 bridgehead atoms. The van der Waals surface area contributed by atoms with Crippen LogP contribution in [0.1, 0.15) is 12.8 Å². The summed E-state index contributed by atoms with van der Waals surface area (Å²) in [6.07, 6.45) is 3.55. The number of carbonyl (C=O) groups excluding carboxylic acids is 1. The lowest BCUT2D eigenvalue weighted by atomic mass is 9.98. The highest BCUT2D eigenvalue weighted by Crippen LogP contribution is 2.23. The molecule has 19 heavy (non-hydrogen) atoms. The zero-order chi connectivity index (χ0) is 14.0. The number of nitrogens with zero attached hydrogens (tertiary/aromatic N) is 2. The van der Waals surface area contributed by atoms with E-state index in [9.17, 15) is 13.2 Å². The molecule has 2 rings (SSSR count). The van der Waals surface area contributed by atoms with Gasteiger partial charge in [-0.25, -0.2) is 8.42 Å². The van der Waals surface area contributed by atoms with Crippen molar-refractivity contribution in [1.29, 1.82) is 0 Å². The smallest absolute Gasteiger partial charge is 0.244 e. The van der Waals surface area contributed by atoms with Gasteiger partial charge in [-0.3, -0.25) is 9.78 Å². The first kappa shape index (κ1) is 13.8. The van der Waals surface area contributed by atoms with Crippen molar-refractivity contribution in [2.24, 2.45) is 11.7 Å². The number of nitrogen functional groups attached to an aromatic ring is 1. The summed E-state index contributed by atoms with van der Waals surface area (Å²) >= 11 is 0. The highest BCUT2D eigenvalue weighted by Gasteiger charge is 2.31. The van der Waals surface area contributed by atoms with Crippen molar-refractivity contribution in [3.63, 3.8) is 0 Å². The molecule has 4 N–H and O–H groups in total. The van der Waals surface area contributed by atoms with Crippen molar-refractivity contribution in [1.82, 2.24) is 9.29 Å². The van der Waals surface area contributed by atoms with E-state index in [1.54, 1.807) is 0 Å². The van der Waals surface area contributed by atoms with E-state index >= 15 is 0 Å². The van der Waals surface area contributed by atoms with Crippen molar-refractivity contribution in [2.45, 2.75) is 17.7 Å². The fourth-order valence-corrected chi connectivity index (χ4v) is 3.58. The number of piperidine rings is 1. The lowest BCUT2D eigenvalue weighted by molar-refractivity contribution is -0.122. The zero-order valence-corrected chi connectivity index (χ0v) is 11.1. The fraction of sp³-hybridized carbons (Fsp3) is 0.455. The summed E-state index contributed by atoms with van der Waals surface area (Å²) in [6, 6.07) is 1.38. The number of carbonyl (C=O) groups is 1. The first-order chi connectivity index (χ1) is 8.91. The highest BCUT2D eigenvalue weighted by molar-refractivity contribution is 7.89. The predicted octanol–water partition coefficient (Wildman–Crippen LogP) is -0.450. The number of primary amides is 1. The third-order valence-corrected chi connectivity index (χ3v) is 5.09. The molecule has 1 aromatic rings. The molecule has 0 aliphatic carbocycles. The van der Waals surface area contributed by atoms with E-state index in [-0.39, 0.29) is 29.8 Å². The molecule has 0 radical (unpaired) electrons. The third kappa shape index (κ3) is 2.85. The Bertz CT molecular complexity index is 579. The van der Waals surface area contributed by atoms with Gasteiger partial charge in [0.05, 0.1) is 5.69 Å². The molecule has 104 valence electrons. The topological polar surface area (TPSA) is 119 Å². The molecular weight excluding hydrogens is 268 g/mol. The number of sulfonamides is 1. The molecule has 0 atom stereocenters. The number of hydrogen-bond donors (Lipinski definition) is 2. The van der Waals surface area contributed by atoms with Crippen molar-refractivity contribution in [3.05, 3.63) is 18.5 Å². The van der Waals surface area contributed by atoms with Gasteiger partial charge in [0.15, 0.2) is 0 Å². The minimum Gasteiger partial charge on any atom is -0.397 e. The summed E-state index contributed by atoms with van der Waals surface area (Å²) < 4.78 is 26.0. The molecule has 1 amide bonds. The standard InChI is InChI=1S/C11H16N4O3S/c12-9-5-10(7-14-6-9)19(17,18)15-3-1-8(2-4-15)11(13)16/h5-8H,1-4,12H2,(H2,13,16). The maximum Gasteiger partial charge on any atom is 0.244 e. The number of pyridine rings is 1. The van der Waals surface area contributed by atoms with Crippen LogP contribution in [0.2, 0.25) is 0 Å². The Morgan fingerprint density at radius 2 is 1.95 bits per heavy atom. The lowest BCUT2D eigenvalue weighted by Crippen LogP contribution is -2.41. The first-order valence-electron chi connectivity index (χ1n) is 5.91. The van der Waals surface area contributed by atoms with Crippen molar-refractivity contribution in [2.75, 3.05) is 18.8 Å². The molecular formula is C11H16N4O3S. The summed E-state index contributed by atoms with van der Waals surface area (Å²) in [5, 5.41) is 0. The van der Waals surface area contributed by atoms with Gasteiger partial charge in [-0.05, 0) is 18.9 Å². The fourth-order valence-electron chi connectivity index (χ4n) is 2.11. The number of rotatable bonds is 3. The molecule has 1 fully saturated rings. The van der Waals surface area contributed by atoms with E-state index in [1.165, 1.54) is 22.8 Å². The van der Waals surface area contributed by atoms with Gasteiger partial charge in [0.2, 0.25) is 15.9 Å². The van der Waals surface area contributed by atoms with E-state index < -0.39 is 10.0 Å². The van der Waals surface area contributed by atoms with Crippen LogP contribution in [0.4, 0.5) is 5.69 Å². The normalized spacial score (nSPS) is 18.3. The molecule has 1 saturated heterocycles. The second-order valence-corrected chi connectivity index (χ2v) is 6.47. The van der Waals surface area contributed by atoms with Gasteiger partial charge >= 0.3 is 0 Å². The van der Waals surface area contributed by atoms with Crippen LogP contribution in [0.25, 0.3) is 0 Å². The van der Waals surface area contributed by atoms with Crippen LogP contribution >= 0.6 is 0 Å². The molecule has 0 unspecified atom stereocenters. The third-order valence-electron chi connectivity index (χ3n) is 3.23. The molecule has 8 heteroatoms. The molecule has 1 aliphatic heterocycles. The Labute approximate surface area is 111 Å². The molecule has 1 aromatic heterocycles. The Balaban J connectivity index is 2.16. The van der Waals surface area contributed by atoms with Gasteiger partial charge in [-0.15, -0.1) is 0 Å². The number of anilines is 1. The second-order valence-electron chi connectivity index (χ2n) is 4.53. The SMILES string of the molecule is NC(=O)C1CCN(S(=O)(=O)c2cncc(N)c2)CC1. The van der Waals surface area contributed by atoms with E-state index in [4.69, 9.17) is 11.5 Å². The summed E-state index contributed by atoms with van der Waals surface area (Å²) in [5.41, 5.74) is 11.1. The predicted molar refractivity (Wildman–Crippen MR) is 69.3 cm³/mol. The summed E-state index contributed by atoms with van der Waals surface area (Å²) in [4.78, 5) is 14.9. The van der Waals surface area contributed by atoms with Crippen molar-refractivity contribution < 1.29 is 13.2 Å². The van der Waals surface area contributed by atoms with Crippen LogP contribution < -0.4 is 11.5 Å². The Morgan fingerprint density at radius 1 is 1.32 bits per heavy atom. The van der Waals surface area contributed by atoms with Crippen LogP contribution in [0.5, 0.6) is 0 Å². The van der Waals surface area contributed by atoms with Gasteiger partial charge in [0.25, 0.3) is 0 Å². The van der Waals surface area contributed by atoms with Gasteiger partial charge in [0.1, 0.15) is 4.90 Å². The Hall–Kier alpha value is -1.67. The maximum atomic E-state index is 12.3. The van der Waals surface area contributed by atoms with Gasteiger partial charge in [-0.1, -0.05) is 0 Å². The van der Waals surface area contributed by atoms with Gasteiger partial charge in [0, 0.05) is 31.4 Å². The summed E-state index contributed by atoms with van der Waals surface area (Å²) in [6.45, 7) is 0.565. The number of hydrogen-bond acceptors (Lipinski definition) is 5. The van der Waals surface area contributed by atoms with Gasteiger partial charge in [-0.2, -0.15) is 4.31 Å². The second kappa shape index (κ2) is 5.14. The molecule has 0 spiro atoms. The number of amides is 1. The van der Waals surface area contributed by atoms with E-state index in [1.807, 2.05) is 0 Å². The Morgan fingerprint density at radius 3 is 2.47 bits per heavy atom. The monoisotopic (exact) mass is 284 g/mol. The minimum absolute atomic E-state index is 0.0741. The van der Waals surface area contributed by atoms with Gasteiger partial charge < -0.3 is 11.5 Å². The molecule has 0 aromatic carbocycles. The maximum absolute atomic E-state index is 12.3. The zero-order valence-electron chi connectivity index (χ0n) is 10.3. The molecule has 2 heterocycles. The number of aromatic nitrogens is 1. The van der Waals surface area contributed by atoms with Crippen LogP contribution in [0.15, 0.2) is 23.4 Å². The summed E-state index contributed by atoms with van der Waals surface area (Å²) in [5.74, 6) is -0.618. The summed E-state index contributed by atoms with van der Waals surface area (Å²) in [7, 11) is -3.59. The highest BCUT2D eigenvalue weighted by atomic mass is 32.2. The lowest BCUT2D eigenvalue weighted by Gasteiger charge is -2.29. The van der Waals surface area contributed by atoms with Crippen LogP contribution in [0.3, 0.4) is 0 Å². The molecule has 0 saturated carbocycles. The van der Waals surface area contributed by atoms with E-state index in [2.05, 4.69) is 4.98 Å². The van der Waals surface area contributed by atoms with E-state index in [0.29, 0.717) is 18.5 Å². The average Bonchev–Trinajstić information content (AvgIpc) is 2.39. The van der Waals surface area contributed by atoms with Crippen molar-refractivity contribution >= 4 is 21.6 Å². The van der Waals surface area contributed by atoms with E-state index in [0.717, 1.165) is 0 Å².